The van der Waals surface area contributed by atoms with Crippen LogP contribution in [0.4, 0.5) is 13.2 Å². The van der Waals surface area contributed by atoms with E-state index in [0.717, 1.165) is 11.1 Å². The highest BCUT2D eigenvalue weighted by molar-refractivity contribution is 9.08. The number of alkyl halides is 5. The van der Waals surface area contributed by atoms with Crippen LogP contribution in [-0.2, 0) is 16.3 Å². The highest BCUT2D eigenvalue weighted by Crippen LogP contribution is 2.52. The number of halogens is 5. The molecule has 0 aliphatic carbocycles. The number of nitrogens with zero attached hydrogens (tertiary/aromatic N) is 2. The zero-order valence-corrected chi connectivity index (χ0v) is 11.6. The summed E-state index contributed by atoms with van der Waals surface area (Å²) in [6.07, 6.45) is -4.47. The molecule has 0 atom stereocenters. The minimum absolute atomic E-state index is 0.0800. The first kappa shape index (κ1) is 13.0. The molecule has 0 unspecified atom stereocenters. The van der Waals surface area contributed by atoms with E-state index >= 15 is 0 Å². The number of benzene rings is 1. The molecule has 7 heteroatoms. The summed E-state index contributed by atoms with van der Waals surface area (Å²) in [6, 6.07) is 4.79. The standard InChI is InChI=1S/C10H7Br2F3N2/c11-4-6-1-7(5-12)3-8(2-6)9(16-17-9)10(13,14)15/h1-3H,4-5H2. The number of hydrogen-bond donors (Lipinski definition) is 0. The minimum Gasteiger partial charge on any atom is -0.166 e. The van der Waals surface area contributed by atoms with Crippen LogP contribution in [0.25, 0.3) is 0 Å². The molecule has 0 aromatic heterocycles. The van der Waals surface area contributed by atoms with Gasteiger partial charge in [0.1, 0.15) is 0 Å². The molecule has 1 aromatic carbocycles. The first-order chi connectivity index (χ1) is 7.93. The van der Waals surface area contributed by atoms with Gasteiger partial charge in [0.2, 0.25) is 0 Å². The Morgan fingerprint density at radius 1 is 1.00 bits per heavy atom. The Labute approximate surface area is 113 Å². The van der Waals surface area contributed by atoms with Crippen LogP contribution in [0.15, 0.2) is 28.4 Å². The normalized spacial score (nSPS) is 17.2. The fraction of sp³-hybridized carbons (Fsp3) is 0.400. The average molecular weight is 372 g/mol. The monoisotopic (exact) mass is 370 g/mol. The van der Waals surface area contributed by atoms with Crippen molar-refractivity contribution in [2.24, 2.45) is 10.2 Å². The maximum atomic E-state index is 12.8. The van der Waals surface area contributed by atoms with Gasteiger partial charge in [-0.15, -0.1) is 10.2 Å². The van der Waals surface area contributed by atoms with Gasteiger partial charge in [-0.05, 0) is 11.1 Å². The summed E-state index contributed by atoms with van der Waals surface area (Å²) >= 11 is 6.47. The van der Waals surface area contributed by atoms with E-state index in [1.54, 1.807) is 0 Å². The molecule has 0 radical (unpaired) electrons. The molecule has 0 saturated heterocycles. The summed E-state index contributed by atoms with van der Waals surface area (Å²) in [5.74, 6) is 0. The lowest BCUT2D eigenvalue weighted by molar-refractivity contribution is -0.166. The highest BCUT2D eigenvalue weighted by atomic mass is 79.9. The second kappa shape index (κ2) is 4.35. The van der Waals surface area contributed by atoms with E-state index < -0.39 is 11.8 Å². The molecule has 1 heterocycles. The largest absolute Gasteiger partial charge is 0.442 e. The van der Waals surface area contributed by atoms with Gasteiger partial charge in [0.15, 0.2) is 0 Å². The Hall–Kier alpha value is -0.430. The average Bonchev–Trinajstić information content (AvgIpc) is 3.08. The predicted molar refractivity (Wildman–Crippen MR) is 64.3 cm³/mol. The van der Waals surface area contributed by atoms with Crippen molar-refractivity contribution in [1.29, 1.82) is 0 Å². The fourth-order valence-corrected chi connectivity index (χ4v) is 2.21. The van der Waals surface area contributed by atoms with E-state index in [1.807, 2.05) is 6.07 Å². The van der Waals surface area contributed by atoms with Gasteiger partial charge >= 0.3 is 11.8 Å². The van der Waals surface area contributed by atoms with Gasteiger partial charge in [-0.1, -0.05) is 50.1 Å². The summed E-state index contributed by atoms with van der Waals surface area (Å²) in [4.78, 5) is 0. The van der Waals surface area contributed by atoms with E-state index in [-0.39, 0.29) is 5.56 Å². The van der Waals surface area contributed by atoms with Gasteiger partial charge in [-0.3, -0.25) is 0 Å². The Morgan fingerprint density at radius 3 is 1.76 bits per heavy atom. The van der Waals surface area contributed by atoms with Crippen LogP contribution in [0, 0.1) is 0 Å². The molecular formula is C10H7Br2F3N2. The quantitative estimate of drug-likeness (QED) is 0.690. The zero-order valence-electron chi connectivity index (χ0n) is 8.43. The lowest BCUT2D eigenvalue weighted by Crippen LogP contribution is -2.30. The van der Waals surface area contributed by atoms with Crippen molar-refractivity contribution in [1.82, 2.24) is 0 Å². The van der Waals surface area contributed by atoms with Crippen molar-refractivity contribution in [2.75, 3.05) is 0 Å². The molecule has 1 aromatic rings. The molecule has 0 spiro atoms. The molecule has 17 heavy (non-hydrogen) atoms. The van der Waals surface area contributed by atoms with E-state index in [0.29, 0.717) is 10.7 Å². The first-order valence-corrected chi connectivity index (χ1v) is 6.93. The molecule has 1 aliphatic rings. The van der Waals surface area contributed by atoms with E-state index in [2.05, 4.69) is 42.1 Å². The van der Waals surface area contributed by atoms with E-state index in [9.17, 15) is 13.2 Å². The minimum atomic E-state index is -4.47. The Kier molecular flexibility index (Phi) is 3.33. The Morgan fingerprint density at radius 2 is 1.47 bits per heavy atom. The highest BCUT2D eigenvalue weighted by Gasteiger charge is 2.65. The SMILES string of the molecule is FC(F)(F)C1(c2cc(CBr)cc(CBr)c2)N=N1. The third-order valence-corrected chi connectivity index (χ3v) is 3.75. The molecule has 0 fully saturated rings. The lowest BCUT2D eigenvalue weighted by atomic mass is 9.98. The summed E-state index contributed by atoms with van der Waals surface area (Å²) in [6.45, 7) is 0. The van der Waals surface area contributed by atoms with E-state index in [1.165, 1.54) is 12.1 Å². The van der Waals surface area contributed by atoms with Gasteiger partial charge in [-0.25, -0.2) is 0 Å². The molecule has 0 saturated carbocycles. The molecular weight excluding hydrogens is 365 g/mol. The topological polar surface area (TPSA) is 24.7 Å². The van der Waals surface area contributed by atoms with Crippen LogP contribution in [0.5, 0.6) is 0 Å². The van der Waals surface area contributed by atoms with Gasteiger partial charge in [0.25, 0.3) is 0 Å². The van der Waals surface area contributed by atoms with Crippen LogP contribution >= 0.6 is 31.9 Å². The Balaban J connectivity index is 2.46. The maximum Gasteiger partial charge on any atom is 0.442 e. The number of rotatable bonds is 3. The van der Waals surface area contributed by atoms with E-state index in [4.69, 9.17) is 0 Å². The summed E-state index contributed by atoms with van der Waals surface area (Å²) in [5, 5.41) is 7.38. The lowest BCUT2D eigenvalue weighted by Gasteiger charge is -2.16. The molecule has 0 bridgehead atoms. The van der Waals surface area contributed by atoms with Gasteiger partial charge < -0.3 is 0 Å². The van der Waals surface area contributed by atoms with Crippen LogP contribution in [0.1, 0.15) is 16.7 Å². The summed E-state index contributed by atoms with van der Waals surface area (Å²) in [7, 11) is 0. The van der Waals surface area contributed by atoms with Crippen molar-refractivity contribution in [3.63, 3.8) is 0 Å². The maximum absolute atomic E-state index is 12.8. The summed E-state index contributed by atoms with van der Waals surface area (Å²) in [5.41, 5.74) is -0.700. The molecule has 0 N–H and O–H groups in total. The summed E-state index contributed by atoms with van der Waals surface area (Å²) < 4.78 is 38.5. The van der Waals surface area contributed by atoms with Crippen molar-refractivity contribution >= 4 is 31.9 Å². The molecule has 1 aliphatic heterocycles. The number of hydrogen-bond acceptors (Lipinski definition) is 2. The fourth-order valence-electron chi connectivity index (χ4n) is 1.56. The van der Waals surface area contributed by atoms with Gasteiger partial charge in [0.05, 0.1) is 0 Å². The van der Waals surface area contributed by atoms with Crippen LogP contribution in [0.3, 0.4) is 0 Å². The molecule has 2 rings (SSSR count). The van der Waals surface area contributed by atoms with Crippen molar-refractivity contribution in [2.45, 2.75) is 22.5 Å². The second-order valence-electron chi connectivity index (χ2n) is 3.68. The van der Waals surface area contributed by atoms with Crippen LogP contribution in [0.2, 0.25) is 0 Å². The van der Waals surface area contributed by atoms with Crippen molar-refractivity contribution in [3.05, 3.63) is 34.9 Å². The third-order valence-electron chi connectivity index (χ3n) is 2.46. The first-order valence-electron chi connectivity index (χ1n) is 4.69. The van der Waals surface area contributed by atoms with Crippen molar-refractivity contribution in [3.8, 4) is 0 Å². The molecule has 0 amide bonds. The molecule has 92 valence electrons. The van der Waals surface area contributed by atoms with Crippen LogP contribution in [-0.4, -0.2) is 6.18 Å². The Bertz CT molecular complexity index is 443. The smallest absolute Gasteiger partial charge is 0.166 e. The third kappa shape index (κ3) is 2.27. The van der Waals surface area contributed by atoms with Gasteiger partial charge in [0, 0.05) is 16.2 Å². The molecule has 2 nitrogen and oxygen atoms in total. The second-order valence-corrected chi connectivity index (χ2v) is 4.80. The van der Waals surface area contributed by atoms with Crippen molar-refractivity contribution < 1.29 is 13.2 Å². The van der Waals surface area contributed by atoms with Crippen LogP contribution < -0.4 is 0 Å². The zero-order chi connectivity index (χ0) is 12.7. The predicted octanol–water partition coefficient (Wildman–Crippen LogP) is 4.66. The van der Waals surface area contributed by atoms with Gasteiger partial charge in [-0.2, -0.15) is 13.2 Å².